The van der Waals surface area contributed by atoms with Crippen LogP contribution in [0.2, 0.25) is 0 Å². The molecule has 4 nitrogen and oxygen atoms in total. The first-order chi connectivity index (χ1) is 6.31. The van der Waals surface area contributed by atoms with Crippen LogP contribution in [0.5, 0.6) is 0 Å². The van der Waals surface area contributed by atoms with Crippen molar-refractivity contribution in [1.82, 2.24) is 9.55 Å². The molecule has 0 saturated heterocycles. The summed E-state index contributed by atoms with van der Waals surface area (Å²) < 4.78 is 1.77. The van der Waals surface area contributed by atoms with Crippen LogP contribution in [0.25, 0.3) is 11.0 Å². The van der Waals surface area contributed by atoms with Gasteiger partial charge in [0.15, 0.2) is 0 Å². The minimum Gasteiger partial charge on any atom is -0.399 e. The Bertz CT molecular complexity index is 478. The molecule has 0 unspecified atom stereocenters. The van der Waals surface area contributed by atoms with Crippen LogP contribution in [-0.4, -0.2) is 9.55 Å². The number of fused-ring (bicyclic) bond motifs is 1. The van der Waals surface area contributed by atoms with Gasteiger partial charge in [-0.15, -0.1) is 0 Å². The lowest BCUT2D eigenvalue weighted by Gasteiger charge is -1.97. The second kappa shape index (κ2) is 2.79. The topological polar surface area (TPSA) is 67.6 Å². The molecule has 0 radical (unpaired) electrons. The number of aromatic nitrogens is 2. The fraction of sp³-hybridized carbons (Fsp3) is 0.111. The predicted octanol–water partition coefficient (Wildman–Crippen LogP) is 1.14. The maximum absolute atomic E-state index is 8.54. The molecule has 64 valence electrons. The molecule has 0 bridgehead atoms. The summed E-state index contributed by atoms with van der Waals surface area (Å²) in [6.45, 7) is 0.306. The number of anilines is 1. The van der Waals surface area contributed by atoms with Crippen LogP contribution in [0.15, 0.2) is 24.5 Å². The first-order valence-electron chi connectivity index (χ1n) is 3.88. The Morgan fingerprint density at radius 3 is 3.15 bits per heavy atom. The van der Waals surface area contributed by atoms with Gasteiger partial charge in [-0.3, -0.25) is 0 Å². The van der Waals surface area contributed by atoms with Gasteiger partial charge in [-0.25, -0.2) is 4.98 Å². The fourth-order valence-corrected chi connectivity index (χ4v) is 1.28. The van der Waals surface area contributed by atoms with Crippen LogP contribution in [0.3, 0.4) is 0 Å². The Hall–Kier alpha value is -2.02. The summed E-state index contributed by atoms with van der Waals surface area (Å²) in [5, 5.41) is 8.54. The standard InChI is InChI=1S/C9H8N4/c10-3-4-13-6-12-8-2-1-7(11)5-9(8)13/h1-2,5-6H,4,11H2. The highest BCUT2D eigenvalue weighted by atomic mass is 15.0. The van der Waals surface area contributed by atoms with E-state index in [4.69, 9.17) is 11.0 Å². The number of nitriles is 1. The van der Waals surface area contributed by atoms with E-state index in [2.05, 4.69) is 11.1 Å². The lowest BCUT2D eigenvalue weighted by molar-refractivity contribution is 0.860. The van der Waals surface area contributed by atoms with Crippen LogP contribution in [0.4, 0.5) is 5.69 Å². The molecule has 0 fully saturated rings. The molecule has 2 aromatic rings. The van der Waals surface area contributed by atoms with Crippen LogP contribution in [-0.2, 0) is 6.54 Å². The summed E-state index contributed by atoms with van der Waals surface area (Å²) in [5.41, 5.74) is 8.08. The number of hydrogen-bond donors (Lipinski definition) is 1. The molecule has 0 saturated carbocycles. The number of benzene rings is 1. The highest BCUT2D eigenvalue weighted by Gasteiger charge is 2.01. The van der Waals surface area contributed by atoms with Gasteiger partial charge in [0.05, 0.1) is 23.4 Å². The van der Waals surface area contributed by atoms with Crippen molar-refractivity contribution in [2.45, 2.75) is 6.54 Å². The molecule has 2 rings (SSSR count). The van der Waals surface area contributed by atoms with E-state index in [-0.39, 0.29) is 0 Å². The molecule has 13 heavy (non-hydrogen) atoms. The summed E-state index contributed by atoms with van der Waals surface area (Å²) in [4.78, 5) is 4.13. The summed E-state index contributed by atoms with van der Waals surface area (Å²) in [6.07, 6.45) is 1.65. The first-order valence-corrected chi connectivity index (χ1v) is 3.88. The van der Waals surface area contributed by atoms with Gasteiger partial charge in [-0.2, -0.15) is 5.26 Å². The van der Waals surface area contributed by atoms with E-state index in [1.165, 1.54) is 0 Å². The Balaban J connectivity index is 2.66. The van der Waals surface area contributed by atoms with Crippen molar-refractivity contribution in [1.29, 1.82) is 5.26 Å². The van der Waals surface area contributed by atoms with E-state index < -0.39 is 0 Å². The van der Waals surface area contributed by atoms with Crippen molar-refractivity contribution in [2.24, 2.45) is 0 Å². The zero-order valence-corrected chi connectivity index (χ0v) is 6.94. The first kappa shape index (κ1) is 7.62. The Labute approximate surface area is 75.2 Å². The number of nitrogens with two attached hydrogens (primary N) is 1. The van der Waals surface area contributed by atoms with Crippen molar-refractivity contribution in [3.8, 4) is 6.07 Å². The average Bonchev–Trinajstić information content (AvgIpc) is 2.49. The lowest BCUT2D eigenvalue weighted by atomic mass is 10.3. The van der Waals surface area contributed by atoms with Crippen molar-refractivity contribution in [3.05, 3.63) is 24.5 Å². The molecule has 0 atom stereocenters. The second-order valence-electron chi connectivity index (χ2n) is 2.78. The van der Waals surface area contributed by atoms with E-state index in [1.807, 2.05) is 12.1 Å². The van der Waals surface area contributed by atoms with E-state index in [0.29, 0.717) is 12.2 Å². The highest BCUT2D eigenvalue weighted by molar-refractivity contribution is 5.78. The summed E-state index contributed by atoms with van der Waals surface area (Å²) in [6, 6.07) is 7.53. The Kier molecular flexibility index (Phi) is 1.64. The van der Waals surface area contributed by atoms with Crippen LogP contribution < -0.4 is 5.73 Å². The summed E-state index contributed by atoms with van der Waals surface area (Å²) >= 11 is 0. The van der Waals surface area contributed by atoms with Crippen molar-refractivity contribution in [3.63, 3.8) is 0 Å². The molecule has 0 aliphatic carbocycles. The third-order valence-electron chi connectivity index (χ3n) is 1.89. The molecular weight excluding hydrogens is 164 g/mol. The van der Waals surface area contributed by atoms with Crippen LogP contribution >= 0.6 is 0 Å². The number of hydrogen-bond acceptors (Lipinski definition) is 3. The summed E-state index contributed by atoms with van der Waals surface area (Å²) in [7, 11) is 0. The van der Waals surface area contributed by atoms with Gasteiger partial charge >= 0.3 is 0 Å². The van der Waals surface area contributed by atoms with Gasteiger partial charge in [0.1, 0.15) is 6.54 Å². The molecule has 1 heterocycles. The predicted molar refractivity (Wildman–Crippen MR) is 49.8 cm³/mol. The van der Waals surface area contributed by atoms with E-state index in [0.717, 1.165) is 11.0 Å². The average molecular weight is 172 g/mol. The number of imidazole rings is 1. The van der Waals surface area contributed by atoms with Gasteiger partial charge in [0, 0.05) is 5.69 Å². The molecular formula is C9H8N4. The van der Waals surface area contributed by atoms with Gasteiger partial charge in [0.2, 0.25) is 0 Å². The maximum atomic E-state index is 8.54. The molecule has 0 spiro atoms. The molecule has 2 N–H and O–H groups in total. The van der Waals surface area contributed by atoms with Crippen LogP contribution in [0, 0.1) is 11.3 Å². The maximum Gasteiger partial charge on any atom is 0.111 e. The fourth-order valence-electron chi connectivity index (χ4n) is 1.28. The van der Waals surface area contributed by atoms with Gasteiger partial charge in [-0.1, -0.05) is 0 Å². The second-order valence-corrected chi connectivity index (χ2v) is 2.78. The molecule has 0 aliphatic heterocycles. The largest absolute Gasteiger partial charge is 0.399 e. The van der Waals surface area contributed by atoms with E-state index >= 15 is 0 Å². The van der Waals surface area contributed by atoms with Crippen molar-refractivity contribution >= 4 is 16.7 Å². The third-order valence-corrected chi connectivity index (χ3v) is 1.89. The molecule has 0 amide bonds. The third kappa shape index (κ3) is 1.20. The molecule has 1 aromatic heterocycles. The smallest absolute Gasteiger partial charge is 0.111 e. The molecule has 1 aromatic carbocycles. The Morgan fingerprint density at radius 2 is 2.38 bits per heavy atom. The zero-order valence-electron chi connectivity index (χ0n) is 6.94. The van der Waals surface area contributed by atoms with Crippen molar-refractivity contribution in [2.75, 3.05) is 5.73 Å². The van der Waals surface area contributed by atoms with E-state index in [9.17, 15) is 0 Å². The zero-order chi connectivity index (χ0) is 9.26. The lowest BCUT2D eigenvalue weighted by Crippen LogP contribution is -1.93. The van der Waals surface area contributed by atoms with Gasteiger partial charge in [-0.05, 0) is 18.2 Å². The minimum absolute atomic E-state index is 0.306. The normalized spacial score (nSPS) is 10.1. The number of nitrogen functional groups attached to an aromatic ring is 1. The quantitative estimate of drug-likeness (QED) is 0.656. The SMILES string of the molecule is N#CCn1cnc2ccc(N)cc21. The molecule has 0 aliphatic rings. The molecule has 4 heteroatoms. The highest BCUT2D eigenvalue weighted by Crippen LogP contribution is 2.15. The van der Waals surface area contributed by atoms with Gasteiger partial charge < -0.3 is 10.3 Å². The number of rotatable bonds is 1. The van der Waals surface area contributed by atoms with Crippen LogP contribution in [0.1, 0.15) is 0 Å². The summed E-state index contributed by atoms with van der Waals surface area (Å²) in [5.74, 6) is 0. The number of nitrogens with zero attached hydrogens (tertiary/aromatic N) is 3. The monoisotopic (exact) mass is 172 g/mol. The Morgan fingerprint density at radius 1 is 1.54 bits per heavy atom. The van der Waals surface area contributed by atoms with Gasteiger partial charge in [0.25, 0.3) is 0 Å². The van der Waals surface area contributed by atoms with Crippen molar-refractivity contribution < 1.29 is 0 Å². The van der Waals surface area contributed by atoms with E-state index in [1.54, 1.807) is 17.0 Å². The minimum atomic E-state index is 0.306.